The number of phenols is 1. The Bertz CT molecular complexity index is 1240. The molecule has 0 aromatic heterocycles. The van der Waals surface area contributed by atoms with E-state index in [1.807, 2.05) is 17.3 Å². The molecule has 0 amide bonds. The summed E-state index contributed by atoms with van der Waals surface area (Å²) < 4.78 is 38.6. The van der Waals surface area contributed by atoms with Crippen LogP contribution in [-0.2, 0) is 17.4 Å². The van der Waals surface area contributed by atoms with E-state index >= 15 is 0 Å². The summed E-state index contributed by atoms with van der Waals surface area (Å²) in [5.41, 5.74) is 10.1. The molecule has 37 heavy (non-hydrogen) atoms. The fourth-order valence-electron chi connectivity index (χ4n) is 7.61. The minimum absolute atomic E-state index is 0.274. The molecular weight excluding hydrogens is 479 g/mol. The Balaban J connectivity index is 1.16. The van der Waals surface area contributed by atoms with Crippen molar-refractivity contribution in [3.05, 3.63) is 76.3 Å². The Kier molecular flexibility index (Phi) is 5.78. The molecule has 1 unspecified atom stereocenters. The lowest BCUT2D eigenvalue weighted by molar-refractivity contribution is -0.137. The van der Waals surface area contributed by atoms with Gasteiger partial charge in [0.1, 0.15) is 11.5 Å². The van der Waals surface area contributed by atoms with Crippen LogP contribution in [0.25, 0.3) is 11.1 Å². The number of aryl methyl sites for hydroxylation is 1. The first-order valence-corrected chi connectivity index (χ1v) is 13.1. The third-order valence-corrected chi connectivity index (χ3v) is 9.38. The summed E-state index contributed by atoms with van der Waals surface area (Å²) in [6.45, 7) is 2.84. The number of benzene rings is 2. The number of aromatic hydroxyl groups is 1. The van der Waals surface area contributed by atoms with Crippen LogP contribution in [0.3, 0.4) is 0 Å². The summed E-state index contributed by atoms with van der Waals surface area (Å²) in [4.78, 5) is 13.3. The Morgan fingerprint density at radius 3 is 2.70 bits per heavy atom. The van der Waals surface area contributed by atoms with E-state index in [9.17, 15) is 23.1 Å². The van der Waals surface area contributed by atoms with Gasteiger partial charge in [0.2, 0.25) is 0 Å². The molecule has 5 atom stereocenters. The van der Waals surface area contributed by atoms with Crippen LogP contribution in [0.1, 0.15) is 67.2 Å². The van der Waals surface area contributed by atoms with Crippen molar-refractivity contribution in [2.45, 2.75) is 57.5 Å². The summed E-state index contributed by atoms with van der Waals surface area (Å²) in [6.07, 6.45) is 2.81. The van der Waals surface area contributed by atoms with Crippen LogP contribution in [0.2, 0.25) is 0 Å². The number of nitrogens with zero attached hydrogens (tertiary/aromatic N) is 2. The Morgan fingerprint density at radius 1 is 1.16 bits per heavy atom. The number of rotatable bonds is 4. The molecule has 8 heteroatoms. The smallest absolute Gasteiger partial charge is 0.416 e. The summed E-state index contributed by atoms with van der Waals surface area (Å²) in [5.74, 6) is 2.22. The fraction of sp³-hybridized carbons (Fsp3) is 0.483. The van der Waals surface area contributed by atoms with Gasteiger partial charge in [0.25, 0.3) is 0 Å². The molecule has 2 aromatic rings. The zero-order valence-electron chi connectivity index (χ0n) is 20.8. The highest BCUT2D eigenvalue weighted by Crippen LogP contribution is 2.62. The van der Waals surface area contributed by atoms with E-state index in [4.69, 9.17) is 0 Å². The van der Waals surface area contributed by atoms with Gasteiger partial charge in [-0.3, -0.25) is 4.79 Å². The van der Waals surface area contributed by atoms with Gasteiger partial charge in [0.05, 0.1) is 5.56 Å². The van der Waals surface area contributed by atoms with E-state index in [2.05, 4.69) is 24.0 Å². The maximum Gasteiger partial charge on any atom is 0.416 e. The molecule has 5 nitrogen and oxygen atoms in total. The van der Waals surface area contributed by atoms with Gasteiger partial charge in [-0.2, -0.15) is 13.2 Å². The molecule has 2 aromatic carbocycles. The monoisotopic (exact) mass is 510 g/mol. The van der Waals surface area contributed by atoms with Crippen molar-refractivity contribution in [3.8, 4) is 5.75 Å². The van der Waals surface area contributed by atoms with Crippen molar-refractivity contribution >= 4 is 11.5 Å². The number of fused-ring (bicyclic) bond motifs is 5. The minimum atomic E-state index is -4.36. The van der Waals surface area contributed by atoms with Gasteiger partial charge in [-0.25, -0.2) is 0 Å². The molecule has 0 saturated heterocycles. The Labute approximate surface area is 214 Å². The second-order valence-electron chi connectivity index (χ2n) is 11.3. The molecule has 4 aliphatic rings. The summed E-state index contributed by atoms with van der Waals surface area (Å²) in [6, 6.07) is 10.8. The third kappa shape index (κ3) is 4.19. The van der Waals surface area contributed by atoms with Crippen molar-refractivity contribution in [2.24, 2.45) is 23.2 Å². The molecule has 196 valence electrons. The van der Waals surface area contributed by atoms with Crippen molar-refractivity contribution in [3.63, 3.8) is 0 Å². The molecule has 2 saturated carbocycles. The van der Waals surface area contributed by atoms with Crippen LogP contribution < -0.4 is 5.53 Å². The van der Waals surface area contributed by atoms with Crippen molar-refractivity contribution < 1.29 is 23.1 Å². The molecule has 2 N–H and O–H groups in total. The quantitative estimate of drug-likeness (QED) is 0.489. The van der Waals surface area contributed by atoms with E-state index < -0.39 is 11.7 Å². The number of ketones is 1. The molecule has 0 bridgehead atoms. The normalized spacial score (nSPS) is 30.9. The highest BCUT2D eigenvalue weighted by atomic mass is 19.4. The number of nitrogens with one attached hydrogen (secondary N) is 1. The van der Waals surface area contributed by atoms with Gasteiger partial charge >= 0.3 is 6.18 Å². The van der Waals surface area contributed by atoms with Crippen molar-refractivity contribution in [2.75, 3.05) is 6.54 Å². The number of Topliss-reactive ketones (excluding diaryl/α,β-unsaturated/α-hetero) is 1. The number of phenolic OH excluding ortho intramolecular Hbond substituents is 1. The molecule has 0 spiro atoms. The van der Waals surface area contributed by atoms with Crippen molar-refractivity contribution in [1.29, 1.82) is 0 Å². The van der Waals surface area contributed by atoms with E-state index in [1.165, 1.54) is 23.3 Å². The number of hydrogen-bond donors (Lipinski definition) is 2. The van der Waals surface area contributed by atoms with Crippen molar-refractivity contribution in [1.82, 2.24) is 10.5 Å². The summed E-state index contributed by atoms with van der Waals surface area (Å²) >= 11 is 0. The number of hydrazine groups is 1. The molecule has 2 fully saturated rings. The first-order valence-electron chi connectivity index (χ1n) is 13.1. The van der Waals surface area contributed by atoms with Gasteiger partial charge in [-0.15, -0.1) is 5.70 Å². The molecule has 0 radical (unpaired) electrons. The Morgan fingerprint density at radius 2 is 1.95 bits per heavy atom. The maximum atomic E-state index is 13.3. The lowest BCUT2D eigenvalue weighted by Gasteiger charge is -2.50. The van der Waals surface area contributed by atoms with Gasteiger partial charge in [-0.05, 0) is 96.7 Å². The summed E-state index contributed by atoms with van der Waals surface area (Å²) in [7, 11) is 0. The predicted molar refractivity (Wildman–Crippen MR) is 134 cm³/mol. The largest absolute Gasteiger partial charge is 0.602 e. The van der Waals surface area contributed by atoms with Gasteiger partial charge < -0.3 is 21.1 Å². The van der Waals surface area contributed by atoms with E-state index in [-0.39, 0.29) is 11.3 Å². The topological polar surface area (TPSA) is 66.7 Å². The lowest BCUT2D eigenvalue weighted by Crippen LogP contribution is -2.44. The fourth-order valence-corrected chi connectivity index (χ4v) is 7.61. The average molecular weight is 511 g/mol. The van der Waals surface area contributed by atoms with Gasteiger partial charge in [0.15, 0.2) is 0 Å². The van der Waals surface area contributed by atoms with Crippen LogP contribution in [0, 0.1) is 23.2 Å². The lowest BCUT2D eigenvalue weighted by atomic mass is 9.54. The number of carbonyl (C=O) groups is 1. The summed E-state index contributed by atoms with van der Waals surface area (Å²) in [5, 5.41) is 11.8. The average Bonchev–Trinajstić information content (AvgIpc) is 3.44. The second-order valence-corrected chi connectivity index (χ2v) is 11.3. The zero-order chi connectivity index (χ0) is 25.9. The maximum absolute atomic E-state index is 13.3. The Hall–Kier alpha value is -3.00. The number of carbonyl (C=O) groups excluding carboxylic acids is 1. The highest BCUT2D eigenvalue weighted by Gasteiger charge is 2.58. The number of hydrogen-bond acceptors (Lipinski definition) is 4. The van der Waals surface area contributed by atoms with Crippen LogP contribution >= 0.6 is 0 Å². The zero-order valence-corrected chi connectivity index (χ0v) is 20.8. The van der Waals surface area contributed by atoms with E-state index in [0.717, 1.165) is 44.2 Å². The van der Waals surface area contributed by atoms with Crippen LogP contribution in [-0.4, -0.2) is 22.4 Å². The number of halogens is 3. The van der Waals surface area contributed by atoms with Gasteiger partial charge in [0, 0.05) is 24.6 Å². The molecular formula is C29H31F3N3O2-. The second kappa shape index (κ2) is 8.79. The van der Waals surface area contributed by atoms with Crippen LogP contribution in [0.4, 0.5) is 13.2 Å². The van der Waals surface area contributed by atoms with Gasteiger partial charge in [-0.1, -0.05) is 25.1 Å². The van der Waals surface area contributed by atoms with E-state index in [0.29, 0.717) is 53.5 Å². The predicted octanol–water partition coefficient (Wildman–Crippen LogP) is 6.56. The molecule has 3 aliphatic carbocycles. The number of alkyl halides is 3. The van der Waals surface area contributed by atoms with E-state index in [1.54, 1.807) is 6.07 Å². The highest BCUT2D eigenvalue weighted by molar-refractivity contribution is 5.87. The SMILES string of the molecule is C[C@]12CC[C@@H]3c4ccc(O)cc4CCC3[C@@H]1[C@H](CCN1C=C(c3ccc(C(F)(F)F)cc3)[N-]N1)CC2=O. The standard InChI is InChI=1S/C29H31F3N3O2/c1-28-12-10-23-22-9-7-21(36)14-18(22)4-8-24(23)27(28)19(15-26(28)37)11-13-35-16-25(33-34-35)17-2-5-20(6-3-17)29(30,31)32/h2-3,5-7,9,14,16,19,23-24,27,34,36H,4,8,10-13,15H2,1H3/q-1/t19-,23-,24?,27+,28-/m1/s1. The molecule has 6 rings (SSSR count). The van der Waals surface area contributed by atoms with Crippen LogP contribution in [0.5, 0.6) is 5.75 Å². The molecule has 1 heterocycles. The first kappa shape index (κ1) is 24.3. The van der Waals surface area contributed by atoms with Crippen LogP contribution in [0.15, 0.2) is 48.7 Å². The third-order valence-electron chi connectivity index (χ3n) is 9.38. The first-order chi connectivity index (χ1) is 17.6. The molecule has 1 aliphatic heterocycles. The minimum Gasteiger partial charge on any atom is -0.602 e.